The monoisotopic (exact) mass is 1470 g/mol. The van der Waals surface area contributed by atoms with Crippen LogP contribution < -0.4 is 16.0 Å². The number of phenolic OH excluding ortho intramolecular Hbond substituents is 2. The number of rotatable bonds is 24. The molecule has 7 aromatic carbocycles. The number of hydrogen-bond acceptors (Lipinski definition) is 34. The Balaban J connectivity index is 1.09. The second-order valence-electron chi connectivity index (χ2n) is 18.6. The van der Waals surface area contributed by atoms with Crippen LogP contribution in [0, 0.1) is 0 Å². The Morgan fingerprint density at radius 1 is 0.516 bits per heavy atom. The Kier molecular flexibility index (Phi) is 20.2. The standard InChI is InChI=1S/C46H43ClN12O26S8/c1-59(28-7-12-31-23(18-28)19-35(90(72,73)74)40(42(31)60)57-54-26-4-10-30(11-5-26)87(64,65)17-15-85-93(81,82)83)46-51-44(47)50-45(52-46)49-27-6-13-33(88(66,67)68)32(22-27)55-58-41-36(91(75,76)77)21-24-20-34(89(69,70)71)39(38(48)37(24)43(41)61)56-53-25-2-8-29(9-3-25)86(62,63)16-14-84-92(78,79)80/h2-13,18-22,60-61,72-77H,14-17,48H2,1H3,(H,66,67,68)(H,69,70,71)(H,78,79,80)(H,81,82,83)(H,49,50,51,52). The third kappa shape index (κ3) is 17.3. The highest BCUT2D eigenvalue weighted by atomic mass is 35.5. The smallest absolute Gasteiger partial charge is 0.397 e. The normalized spacial score (nSPS) is 13.6. The number of fused-ring (bicyclic) bond motifs is 2. The predicted octanol–water partition coefficient (Wildman–Crippen LogP) is 9.43. The number of benzene rings is 7. The van der Waals surface area contributed by atoms with E-state index in [1.165, 1.54) is 30.1 Å². The van der Waals surface area contributed by atoms with Crippen LogP contribution in [-0.4, -0.2) is 153 Å². The van der Waals surface area contributed by atoms with Gasteiger partial charge in [0.05, 0.1) is 66.7 Å². The van der Waals surface area contributed by atoms with E-state index in [4.69, 9.17) is 26.4 Å². The molecule has 1 aromatic heterocycles. The minimum absolute atomic E-state index is 0.00133. The molecule has 0 unspecified atom stereocenters. The van der Waals surface area contributed by atoms with Gasteiger partial charge in [-0.25, -0.2) is 25.2 Å². The number of anilines is 5. The summed E-state index contributed by atoms with van der Waals surface area (Å²) in [7, 11) is -37.2. The molecule has 0 atom stereocenters. The number of nitrogen functional groups attached to an aromatic ring is 1. The van der Waals surface area contributed by atoms with Crippen molar-refractivity contribution in [1.82, 2.24) is 15.0 Å². The van der Waals surface area contributed by atoms with Gasteiger partial charge in [-0.2, -0.15) is 58.9 Å². The van der Waals surface area contributed by atoms with Crippen molar-refractivity contribution >= 4 is 179 Å². The Bertz CT molecular complexity index is 5150. The number of nitrogens with zero attached hydrogens (tertiary/aromatic N) is 10. The van der Waals surface area contributed by atoms with E-state index in [-0.39, 0.29) is 50.3 Å². The lowest BCUT2D eigenvalue weighted by Crippen LogP contribution is -2.15. The first-order valence-electron chi connectivity index (χ1n) is 24.5. The van der Waals surface area contributed by atoms with E-state index in [0.29, 0.717) is 12.1 Å². The Morgan fingerprint density at radius 3 is 1.48 bits per heavy atom. The lowest BCUT2D eigenvalue weighted by Gasteiger charge is -2.23. The van der Waals surface area contributed by atoms with Gasteiger partial charge in [-0.05, 0) is 126 Å². The van der Waals surface area contributed by atoms with Gasteiger partial charge in [0.2, 0.25) is 17.2 Å². The predicted molar refractivity (Wildman–Crippen MR) is 330 cm³/mol. The molecule has 0 amide bonds. The minimum Gasteiger partial charge on any atom is -0.505 e. The van der Waals surface area contributed by atoms with Crippen molar-refractivity contribution in [3.63, 3.8) is 0 Å². The van der Waals surface area contributed by atoms with E-state index < -0.39 is 188 Å². The van der Waals surface area contributed by atoms with Gasteiger partial charge in [-0.3, -0.25) is 18.2 Å². The highest BCUT2D eigenvalue weighted by Crippen LogP contribution is 2.57. The first kappa shape index (κ1) is 70.9. The maximum atomic E-state index is 12.7. The number of aromatic nitrogens is 3. The molecule has 1 heterocycles. The summed E-state index contributed by atoms with van der Waals surface area (Å²) in [5.74, 6) is -4.33. The van der Waals surface area contributed by atoms with Gasteiger partial charge >= 0.3 is 20.8 Å². The van der Waals surface area contributed by atoms with Gasteiger partial charge < -0.3 is 53.5 Å². The molecule has 0 bridgehead atoms. The van der Waals surface area contributed by atoms with E-state index >= 15 is 0 Å². The molecule has 8 rings (SSSR count). The minimum atomic E-state index is -5.37. The lowest BCUT2D eigenvalue weighted by molar-refractivity contribution is 0.282. The molecule has 93 heavy (non-hydrogen) atoms. The van der Waals surface area contributed by atoms with Crippen molar-refractivity contribution in [2.45, 2.75) is 29.4 Å². The summed E-state index contributed by atoms with van der Waals surface area (Å²) in [4.78, 5) is 9.06. The molecule has 38 nitrogen and oxygen atoms in total. The molecule has 0 aliphatic rings. The fourth-order valence-corrected chi connectivity index (χ4v) is 13.9. The molecule has 0 saturated carbocycles. The number of sulfone groups is 2. The van der Waals surface area contributed by atoms with Crippen LogP contribution in [0.2, 0.25) is 5.28 Å². The summed E-state index contributed by atoms with van der Waals surface area (Å²) in [6.45, 7) is -1.85. The van der Waals surface area contributed by atoms with Gasteiger partial charge in [-0.15, -0.1) is 20.5 Å². The number of halogens is 1. The fourth-order valence-electron chi connectivity index (χ4n) is 8.14. The Hall–Kier alpha value is -7.92. The molecule has 8 aromatic rings. The van der Waals surface area contributed by atoms with E-state index in [2.05, 4.69) is 59.3 Å². The van der Waals surface area contributed by atoms with Crippen molar-refractivity contribution in [2.75, 3.05) is 47.7 Å². The number of hydrogen-bond donors (Lipinski definition) is 14. The van der Waals surface area contributed by atoms with E-state index in [9.17, 15) is 97.1 Å². The largest absolute Gasteiger partial charge is 0.505 e. The van der Waals surface area contributed by atoms with Crippen molar-refractivity contribution in [3.8, 4) is 11.5 Å². The molecule has 0 aliphatic heterocycles. The van der Waals surface area contributed by atoms with Crippen molar-refractivity contribution < 1.29 is 115 Å². The number of phenols is 2. The van der Waals surface area contributed by atoms with Crippen LogP contribution in [0.5, 0.6) is 11.5 Å². The van der Waals surface area contributed by atoms with Crippen LogP contribution in [0.15, 0.2) is 163 Å². The van der Waals surface area contributed by atoms with Crippen LogP contribution in [-0.2, 0) is 69.1 Å². The number of nitrogens with two attached hydrogens (primary N) is 1. The first-order chi connectivity index (χ1) is 42.9. The third-order valence-electron chi connectivity index (χ3n) is 12.3. The Morgan fingerprint density at radius 2 is 0.989 bits per heavy atom. The van der Waals surface area contributed by atoms with Gasteiger partial charge in [0, 0.05) is 23.8 Å². The highest BCUT2D eigenvalue weighted by Gasteiger charge is 2.31. The highest BCUT2D eigenvalue weighted by molar-refractivity contribution is 8.19. The van der Waals surface area contributed by atoms with Crippen molar-refractivity contribution in [2.24, 2.45) is 30.7 Å². The van der Waals surface area contributed by atoms with Gasteiger partial charge in [0.1, 0.15) is 54.3 Å². The van der Waals surface area contributed by atoms with E-state index in [1.54, 1.807) is 0 Å². The first-order valence-corrected chi connectivity index (χ1v) is 36.8. The van der Waals surface area contributed by atoms with E-state index in [0.717, 1.165) is 72.8 Å². The maximum absolute atomic E-state index is 12.7. The topological polar surface area (TPSA) is 620 Å². The molecule has 0 radical (unpaired) electrons. The fraction of sp³-hybridized carbons (Fsp3) is 0.109. The second-order valence-corrected chi connectivity index (χ2v) is 31.1. The SMILES string of the molecule is CN(c1ccc2c(O)c(N=Nc3ccc(S(=O)(=O)CCOS(=O)(=O)O)cc3)c(S(O)(O)O)cc2c1)c1nc(Cl)nc(Nc2ccc(S(=O)(=O)O)c(N=Nc3c(S(O)(O)O)cc4cc(S(=O)(=O)O)c(N=Nc5ccc(S(=O)(=O)CCOS(=O)(=O)O)cc5)c(N)c4c3O)c2)n1. The maximum Gasteiger partial charge on any atom is 0.397 e. The van der Waals surface area contributed by atoms with Crippen LogP contribution >= 0.6 is 33.3 Å². The van der Waals surface area contributed by atoms with Crippen LogP contribution in [0.3, 0.4) is 0 Å². The summed E-state index contributed by atoms with van der Waals surface area (Å²) < 4.78 is 254. The average Bonchev–Trinajstić information content (AvgIpc) is 0.748. The Labute approximate surface area is 532 Å². The zero-order valence-corrected chi connectivity index (χ0v) is 53.2. The molecule has 0 spiro atoms. The molecular formula is C46H43ClN12O26S8. The third-order valence-corrected chi connectivity index (χ3v) is 20.4. The van der Waals surface area contributed by atoms with Gasteiger partial charge in [0.15, 0.2) is 31.2 Å². The van der Waals surface area contributed by atoms with Crippen LogP contribution in [0.25, 0.3) is 21.5 Å². The summed E-state index contributed by atoms with van der Waals surface area (Å²) in [6.07, 6.45) is 0. The van der Waals surface area contributed by atoms with Crippen LogP contribution in [0.1, 0.15) is 0 Å². The molecule has 0 aliphatic carbocycles. The molecule has 498 valence electrons. The molecule has 0 saturated heterocycles. The summed E-state index contributed by atoms with van der Waals surface area (Å²) in [5, 5.41) is 47.0. The zero-order chi connectivity index (χ0) is 68.8. The molecule has 47 heteroatoms. The zero-order valence-electron chi connectivity index (χ0n) is 45.9. The second kappa shape index (κ2) is 26.5. The van der Waals surface area contributed by atoms with E-state index in [1.807, 2.05) is 0 Å². The van der Waals surface area contributed by atoms with Gasteiger partial charge in [0.25, 0.3) is 20.2 Å². The summed E-state index contributed by atoms with van der Waals surface area (Å²) in [6, 6.07) is 17.5. The summed E-state index contributed by atoms with van der Waals surface area (Å²) >= 11 is 6.32. The molecule has 15 N–H and O–H groups in total. The van der Waals surface area contributed by atoms with Crippen molar-refractivity contribution in [1.29, 1.82) is 0 Å². The number of aromatic hydroxyl groups is 2. The van der Waals surface area contributed by atoms with Gasteiger partial charge in [-0.1, -0.05) is 0 Å². The molecule has 0 fully saturated rings. The lowest BCUT2D eigenvalue weighted by atomic mass is 10.1. The molecular weight excluding hydrogens is 1430 g/mol. The number of azo groups is 3. The number of nitrogens with one attached hydrogen (secondary N) is 1. The quantitative estimate of drug-likeness (QED) is 0.0152. The van der Waals surface area contributed by atoms with Crippen LogP contribution in [0.4, 0.5) is 63.1 Å². The van der Waals surface area contributed by atoms with Crippen molar-refractivity contribution in [3.05, 3.63) is 108 Å². The summed E-state index contributed by atoms with van der Waals surface area (Å²) in [5.41, 5.74) is 1.81. The average molecular weight is 1470 g/mol.